The van der Waals surface area contributed by atoms with E-state index in [9.17, 15) is 33.2 Å². The Morgan fingerprint density at radius 3 is 2.88 bits per heavy atom. The largest absolute Gasteiger partial charge is 0.477 e. The van der Waals surface area contributed by atoms with Crippen molar-refractivity contribution in [3.8, 4) is 5.88 Å². The van der Waals surface area contributed by atoms with E-state index in [0.717, 1.165) is 6.20 Å². The molecule has 1 amide bonds. The average molecular weight is 376 g/mol. The van der Waals surface area contributed by atoms with Gasteiger partial charge in [-0.15, -0.1) is 0 Å². The van der Waals surface area contributed by atoms with Crippen LogP contribution in [0.2, 0.25) is 0 Å². The Bertz CT molecular complexity index is 757. The van der Waals surface area contributed by atoms with Gasteiger partial charge in [-0.05, 0) is 6.42 Å². The number of nitro groups is 1. The van der Waals surface area contributed by atoms with Gasteiger partial charge in [0, 0.05) is 25.1 Å². The molecule has 3 heterocycles. The minimum Gasteiger partial charge on any atom is -0.477 e. The number of pyridine rings is 1. The van der Waals surface area contributed by atoms with Gasteiger partial charge in [-0.3, -0.25) is 10.1 Å². The zero-order valence-corrected chi connectivity index (χ0v) is 13.3. The van der Waals surface area contributed by atoms with Crippen LogP contribution >= 0.6 is 0 Å². The topological polar surface area (TPSA) is 127 Å². The van der Waals surface area contributed by atoms with Crippen molar-refractivity contribution < 1.29 is 32.7 Å². The predicted octanol–water partition coefficient (Wildman–Crippen LogP) is 1.56. The highest BCUT2D eigenvalue weighted by atomic mass is 19.4. The molecular weight excluding hydrogens is 361 g/mol. The van der Waals surface area contributed by atoms with E-state index in [-0.39, 0.29) is 36.6 Å². The molecule has 0 bridgehead atoms. The van der Waals surface area contributed by atoms with Crippen LogP contribution in [0.1, 0.15) is 17.5 Å². The molecule has 3 rings (SSSR count). The number of carboxylic acid groups (broad SMARTS) is 1. The zero-order chi connectivity index (χ0) is 19.1. The van der Waals surface area contributed by atoms with Crippen LogP contribution in [0.15, 0.2) is 6.20 Å². The molecule has 0 unspecified atom stereocenters. The first-order chi connectivity index (χ1) is 12.1. The molecule has 0 spiro atoms. The monoisotopic (exact) mass is 376 g/mol. The first-order valence-corrected chi connectivity index (χ1v) is 7.72. The molecule has 3 N–H and O–H groups in total. The van der Waals surface area contributed by atoms with Crippen molar-refractivity contribution in [1.82, 2.24) is 15.6 Å². The van der Waals surface area contributed by atoms with Gasteiger partial charge in [0.25, 0.3) is 5.69 Å². The standard InChI is InChI=1S/C14H15F3N4O5/c15-14(16,17)7-3-13(6-18-4-7,20-12(22)23)10-8-1-2-26-11(8)19-5-9(10)21(24)25/h5,7,18,20H,1-4,6H2,(H,22,23)/t7-,13-/m1/s1. The maximum atomic E-state index is 13.3. The number of hydrogen-bond donors (Lipinski definition) is 3. The van der Waals surface area contributed by atoms with Crippen LogP contribution in [-0.2, 0) is 12.0 Å². The summed E-state index contributed by atoms with van der Waals surface area (Å²) in [6, 6.07) is 0. The number of hydrogen-bond acceptors (Lipinski definition) is 6. The Morgan fingerprint density at radius 1 is 1.54 bits per heavy atom. The smallest absolute Gasteiger partial charge is 0.405 e. The number of alkyl halides is 3. The first-order valence-electron chi connectivity index (χ1n) is 7.72. The highest BCUT2D eigenvalue weighted by molar-refractivity contribution is 5.68. The van der Waals surface area contributed by atoms with Crippen LogP contribution in [0.25, 0.3) is 0 Å². The van der Waals surface area contributed by atoms with E-state index in [4.69, 9.17) is 4.74 Å². The summed E-state index contributed by atoms with van der Waals surface area (Å²) >= 11 is 0. The summed E-state index contributed by atoms with van der Waals surface area (Å²) in [6.07, 6.45) is -5.73. The Labute approximate surface area is 144 Å². The van der Waals surface area contributed by atoms with E-state index in [2.05, 4.69) is 15.6 Å². The number of rotatable bonds is 3. The van der Waals surface area contributed by atoms with Gasteiger partial charge in [0.1, 0.15) is 6.20 Å². The number of nitrogens with one attached hydrogen (secondary N) is 2. The summed E-state index contributed by atoms with van der Waals surface area (Å²) in [5.41, 5.74) is -2.22. The molecule has 0 radical (unpaired) electrons. The van der Waals surface area contributed by atoms with Crippen molar-refractivity contribution in [3.63, 3.8) is 0 Å². The number of fused-ring (bicyclic) bond motifs is 1. The number of halogens is 3. The van der Waals surface area contributed by atoms with Crippen LogP contribution in [-0.4, -0.2) is 47.0 Å². The molecule has 0 aliphatic carbocycles. The summed E-state index contributed by atoms with van der Waals surface area (Å²) in [5.74, 6) is -1.79. The van der Waals surface area contributed by atoms with Gasteiger partial charge < -0.3 is 20.5 Å². The summed E-state index contributed by atoms with van der Waals surface area (Å²) < 4.78 is 45.1. The molecular formula is C14H15F3N4O5. The van der Waals surface area contributed by atoms with Gasteiger partial charge in [0.2, 0.25) is 5.88 Å². The van der Waals surface area contributed by atoms with Gasteiger partial charge in [-0.1, -0.05) is 0 Å². The number of amides is 1. The van der Waals surface area contributed by atoms with Gasteiger partial charge in [0.15, 0.2) is 0 Å². The van der Waals surface area contributed by atoms with Crippen molar-refractivity contribution in [3.05, 3.63) is 27.4 Å². The van der Waals surface area contributed by atoms with Gasteiger partial charge in [0.05, 0.1) is 28.6 Å². The average Bonchev–Trinajstić information content (AvgIpc) is 3.00. The highest BCUT2D eigenvalue weighted by Gasteiger charge is 2.52. The quantitative estimate of drug-likeness (QED) is 0.540. The fourth-order valence-electron chi connectivity index (χ4n) is 3.61. The molecule has 2 aliphatic heterocycles. The van der Waals surface area contributed by atoms with E-state index >= 15 is 0 Å². The Kier molecular flexibility index (Phi) is 4.38. The van der Waals surface area contributed by atoms with Crippen LogP contribution < -0.4 is 15.4 Å². The maximum absolute atomic E-state index is 13.3. The lowest BCUT2D eigenvalue weighted by molar-refractivity contribution is -0.386. The molecule has 12 heteroatoms. The molecule has 0 aromatic carbocycles. The summed E-state index contributed by atoms with van der Waals surface area (Å²) in [4.78, 5) is 25.9. The molecule has 26 heavy (non-hydrogen) atoms. The summed E-state index contributed by atoms with van der Waals surface area (Å²) in [7, 11) is 0. The number of nitrogens with zero attached hydrogens (tertiary/aromatic N) is 2. The van der Waals surface area contributed by atoms with Crippen LogP contribution in [0.3, 0.4) is 0 Å². The van der Waals surface area contributed by atoms with Crippen molar-refractivity contribution in [2.75, 3.05) is 19.7 Å². The molecule has 2 atom stereocenters. The third-order valence-corrected chi connectivity index (χ3v) is 4.61. The highest BCUT2D eigenvalue weighted by Crippen LogP contribution is 2.45. The lowest BCUT2D eigenvalue weighted by Crippen LogP contribution is -2.59. The number of aromatic nitrogens is 1. The predicted molar refractivity (Wildman–Crippen MR) is 80.0 cm³/mol. The minimum atomic E-state index is -4.58. The van der Waals surface area contributed by atoms with Gasteiger partial charge in [-0.25, -0.2) is 9.78 Å². The molecule has 9 nitrogen and oxygen atoms in total. The second kappa shape index (κ2) is 6.27. The maximum Gasteiger partial charge on any atom is 0.405 e. The Balaban J connectivity index is 2.19. The Morgan fingerprint density at radius 2 is 2.27 bits per heavy atom. The fraction of sp³-hybridized carbons (Fsp3) is 0.571. The van der Waals surface area contributed by atoms with Gasteiger partial charge in [-0.2, -0.15) is 13.2 Å². The van der Waals surface area contributed by atoms with Crippen molar-refractivity contribution in [2.45, 2.75) is 24.6 Å². The van der Waals surface area contributed by atoms with Crippen molar-refractivity contribution in [1.29, 1.82) is 0 Å². The normalized spacial score (nSPS) is 25.3. The fourth-order valence-corrected chi connectivity index (χ4v) is 3.61. The third kappa shape index (κ3) is 3.11. The molecule has 142 valence electrons. The second-order valence-corrected chi connectivity index (χ2v) is 6.24. The SMILES string of the molecule is O=C(O)N[C@@]1(c2c([N+](=O)[O-])cnc3c2CCO3)CNC[C@H](C(F)(F)F)C1. The van der Waals surface area contributed by atoms with Crippen LogP contribution in [0, 0.1) is 16.0 Å². The minimum absolute atomic E-state index is 0.0753. The molecule has 2 aliphatic rings. The van der Waals surface area contributed by atoms with E-state index < -0.39 is 47.3 Å². The lowest BCUT2D eigenvalue weighted by Gasteiger charge is -2.42. The number of piperidine rings is 1. The third-order valence-electron chi connectivity index (χ3n) is 4.61. The van der Waals surface area contributed by atoms with E-state index in [1.54, 1.807) is 0 Å². The molecule has 1 saturated heterocycles. The van der Waals surface area contributed by atoms with Crippen molar-refractivity contribution in [2.24, 2.45) is 5.92 Å². The van der Waals surface area contributed by atoms with Gasteiger partial charge >= 0.3 is 12.3 Å². The number of carbonyl (C=O) groups is 1. The second-order valence-electron chi connectivity index (χ2n) is 6.24. The molecule has 1 aromatic heterocycles. The van der Waals surface area contributed by atoms with E-state index in [0.29, 0.717) is 0 Å². The molecule has 1 aromatic rings. The Hall–Kier alpha value is -2.63. The van der Waals surface area contributed by atoms with Crippen molar-refractivity contribution >= 4 is 11.8 Å². The summed E-state index contributed by atoms with van der Waals surface area (Å²) in [5, 5.41) is 25.4. The first kappa shape index (κ1) is 18.2. The summed E-state index contributed by atoms with van der Waals surface area (Å²) in [6.45, 7) is -0.455. The van der Waals surface area contributed by atoms with Crippen LogP contribution in [0.5, 0.6) is 5.88 Å². The van der Waals surface area contributed by atoms with Crippen LogP contribution in [0.4, 0.5) is 23.7 Å². The van der Waals surface area contributed by atoms with E-state index in [1.807, 2.05) is 0 Å². The van der Waals surface area contributed by atoms with E-state index in [1.165, 1.54) is 0 Å². The molecule has 0 saturated carbocycles. The zero-order valence-electron chi connectivity index (χ0n) is 13.3. The lowest BCUT2D eigenvalue weighted by atomic mass is 9.75. The number of ether oxygens (including phenoxy) is 1. The molecule has 1 fully saturated rings.